The molecule has 3 heteroatoms. The van der Waals surface area contributed by atoms with E-state index in [2.05, 4.69) is 62.1 Å². The normalized spacial score (nSPS) is 13.3. The van der Waals surface area contributed by atoms with Crippen LogP contribution in [0.4, 0.5) is 0 Å². The van der Waals surface area contributed by atoms with Crippen molar-refractivity contribution in [2.75, 3.05) is 13.6 Å². The van der Waals surface area contributed by atoms with Gasteiger partial charge in [0.2, 0.25) is 0 Å². The van der Waals surface area contributed by atoms with E-state index in [0.29, 0.717) is 12.0 Å². The Balaban J connectivity index is 2.52. The first kappa shape index (κ1) is 15.1. The third kappa shape index (κ3) is 4.75. The molecule has 18 heavy (non-hydrogen) atoms. The predicted octanol–water partition coefficient (Wildman–Crippen LogP) is 2.67. The summed E-state index contributed by atoms with van der Waals surface area (Å²) in [6.07, 6.45) is 1.98. The van der Waals surface area contributed by atoms with E-state index in [9.17, 15) is 0 Å². The first-order valence-electron chi connectivity index (χ1n) is 6.89. The highest BCUT2D eigenvalue weighted by molar-refractivity contribution is 5.14. The fourth-order valence-electron chi connectivity index (χ4n) is 1.83. The van der Waals surface area contributed by atoms with Crippen molar-refractivity contribution in [3.05, 3.63) is 29.6 Å². The molecule has 1 aromatic rings. The topological polar surface area (TPSA) is 28.2 Å². The minimum atomic E-state index is 0.577. The van der Waals surface area contributed by atoms with Gasteiger partial charge in [-0.1, -0.05) is 26.8 Å². The summed E-state index contributed by atoms with van der Waals surface area (Å²) in [5, 5.41) is 3.31. The Morgan fingerprint density at radius 2 is 2.00 bits per heavy atom. The molecule has 1 N–H and O–H groups in total. The maximum Gasteiger partial charge on any atom is 0.0544 e. The SMILES string of the molecule is CCNCc1ccc(CN(C)C(C)C(C)C)nc1. The molecule has 0 saturated heterocycles. The fraction of sp³-hybridized carbons (Fsp3) is 0.667. The maximum absolute atomic E-state index is 4.53. The highest BCUT2D eigenvalue weighted by Crippen LogP contribution is 2.11. The fourth-order valence-corrected chi connectivity index (χ4v) is 1.83. The Morgan fingerprint density at radius 3 is 2.50 bits per heavy atom. The lowest BCUT2D eigenvalue weighted by Gasteiger charge is -2.27. The van der Waals surface area contributed by atoms with Crippen molar-refractivity contribution >= 4 is 0 Å². The summed E-state index contributed by atoms with van der Waals surface area (Å²) in [6, 6.07) is 4.88. The van der Waals surface area contributed by atoms with Crippen LogP contribution in [-0.4, -0.2) is 29.5 Å². The summed E-state index contributed by atoms with van der Waals surface area (Å²) in [5.74, 6) is 0.669. The summed E-state index contributed by atoms with van der Waals surface area (Å²) < 4.78 is 0. The highest BCUT2D eigenvalue weighted by Gasteiger charge is 2.13. The zero-order valence-corrected chi connectivity index (χ0v) is 12.4. The highest BCUT2D eigenvalue weighted by atomic mass is 15.1. The van der Waals surface area contributed by atoms with E-state index in [-0.39, 0.29) is 0 Å². The number of hydrogen-bond donors (Lipinski definition) is 1. The van der Waals surface area contributed by atoms with Crippen LogP contribution in [0, 0.1) is 5.92 Å². The lowest BCUT2D eigenvalue weighted by molar-refractivity contribution is 0.198. The van der Waals surface area contributed by atoms with E-state index >= 15 is 0 Å². The zero-order valence-electron chi connectivity index (χ0n) is 12.4. The van der Waals surface area contributed by atoms with Crippen molar-refractivity contribution in [2.24, 2.45) is 5.92 Å². The van der Waals surface area contributed by atoms with Crippen molar-refractivity contribution in [2.45, 2.75) is 46.8 Å². The maximum atomic E-state index is 4.53. The third-order valence-corrected chi connectivity index (χ3v) is 3.54. The summed E-state index contributed by atoms with van der Waals surface area (Å²) in [6.45, 7) is 11.7. The molecule has 0 saturated carbocycles. The van der Waals surface area contributed by atoms with E-state index < -0.39 is 0 Å². The molecular weight excluding hydrogens is 222 g/mol. The van der Waals surface area contributed by atoms with E-state index in [1.165, 1.54) is 5.56 Å². The molecule has 3 nitrogen and oxygen atoms in total. The molecule has 0 bridgehead atoms. The lowest BCUT2D eigenvalue weighted by Crippen LogP contribution is -2.32. The average molecular weight is 249 g/mol. The monoisotopic (exact) mass is 249 g/mol. The number of pyridine rings is 1. The molecule has 0 spiro atoms. The van der Waals surface area contributed by atoms with Gasteiger partial charge in [-0.3, -0.25) is 9.88 Å². The van der Waals surface area contributed by atoms with E-state index in [4.69, 9.17) is 0 Å². The van der Waals surface area contributed by atoms with Crippen molar-refractivity contribution in [3.63, 3.8) is 0 Å². The molecule has 1 unspecified atom stereocenters. The second-order valence-corrected chi connectivity index (χ2v) is 5.34. The molecule has 1 aromatic heterocycles. The Hall–Kier alpha value is -0.930. The zero-order chi connectivity index (χ0) is 13.5. The second-order valence-electron chi connectivity index (χ2n) is 5.34. The second kappa shape index (κ2) is 7.49. The van der Waals surface area contributed by atoms with Gasteiger partial charge in [-0.25, -0.2) is 0 Å². The van der Waals surface area contributed by atoms with Gasteiger partial charge in [-0.15, -0.1) is 0 Å². The van der Waals surface area contributed by atoms with Crippen LogP contribution in [0.15, 0.2) is 18.3 Å². The van der Waals surface area contributed by atoms with Crippen LogP contribution >= 0.6 is 0 Å². The average Bonchev–Trinajstić information content (AvgIpc) is 2.36. The lowest BCUT2D eigenvalue weighted by atomic mass is 10.1. The molecule has 102 valence electrons. The number of aromatic nitrogens is 1. The smallest absolute Gasteiger partial charge is 0.0544 e. The molecule has 0 aliphatic heterocycles. The molecule has 0 radical (unpaired) electrons. The van der Waals surface area contributed by atoms with Gasteiger partial charge >= 0.3 is 0 Å². The first-order valence-corrected chi connectivity index (χ1v) is 6.89. The number of nitrogens with one attached hydrogen (secondary N) is 1. The summed E-state index contributed by atoms with van der Waals surface area (Å²) in [5.41, 5.74) is 2.39. The van der Waals surface area contributed by atoms with Gasteiger partial charge in [-0.05, 0) is 38.1 Å². The quantitative estimate of drug-likeness (QED) is 0.805. The molecule has 1 rings (SSSR count). The van der Waals surface area contributed by atoms with Crippen LogP contribution in [0.1, 0.15) is 39.0 Å². The van der Waals surface area contributed by atoms with Gasteiger partial charge < -0.3 is 5.32 Å². The Morgan fingerprint density at radius 1 is 1.28 bits per heavy atom. The Bertz CT molecular complexity index is 332. The number of nitrogens with zero attached hydrogens (tertiary/aromatic N) is 2. The van der Waals surface area contributed by atoms with Crippen LogP contribution in [0.5, 0.6) is 0 Å². The van der Waals surface area contributed by atoms with E-state index in [0.717, 1.165) is 25.3 Å². The Labute approximate surface area is 112 Å². The number of rotatable bonds is 7. The third-order valence-electron chi connectivity index (χ3n) is 3.54. The molecule has 0 aliphatic carbocycles. The van der Waals surface area contributed by atoms with Crippen molar-refractivity contribution < 1.29 is 0 Å². The summed E-state index contributed by atoms with van der Waals surface area (Å²) in [4.78, 5) is 6.89. The van der Waals surface area contributed by atoms with Crippen LogP contribution in [0.3, 0.4) is 0 Å². The minimum absolute atomic E-state index is 0.577. The van der Waals surface area contributed by atoms with E-state index in [1.54, 1.807) is 0 Å². The number of hydrogen-bond acceptors (Lipinski definition) is 3. The molecule has 0 amide bonds. The van der Waals surface area contributed by atoms with Crippen LogP contribution in [0.2, 0.25) is 0 Å². The van der Waals surface area contributed by atoms with Gasteiger partial charge in [0.15, 0.2) is 0 Å². The molecule has 0 aromatic carbocycles. The van der Waals surface area contributed by atoms with Gasteiger partial charge in [0.25, 0.3) is 0 Å². The molecule has 1 heterocycles. The van der Waals surface area contributed by atoms with Crippen LogP contribution in [-0.2, 0) is 13.1 Å². The van der Waals surface area contributed by atoms with Crippen molar-refractivity contribution in [3.8, 4) is 0 Å². The van der Waals surface area contributed by atoms with Crippen molar-refractivity contribution in [1.29, 1.82) is 0 Å². The molecule has 1 atom stereocenters. The van der Waals surface area contributed by atoms with Crippen LogP contribution < -0.4 is 5.32 Å². The molecule has 0 aliphatic rings. The molecular formula is C15H27N3. The summed E-state index contributed by atoms with van der Waals surface area (Å²) in [7, 11) is 2.17. The predicted molar refractivity (Wildman–Crippen MR) is 77.4 cm³/mol. The van der Waals surface area contributed by atoms with Crippen molar-refractivity contribution in [1.82, 2.24) is 15.2 Å². The van der Waals surface area contributed by atoms with Crippen LogP contribution in [0.25, 0.3) is 0 Å². The van der Waals surface area contributed by atoms with Gasteiger partial charge in [0.1, 0.15) is 0 Å². The largest absolute Gasteiger partial charge is 0.313 e. The molecule has 0 fully saturated rings. The first-order chi connectivity index (χ1) is 8.54. The van der Waals surface area contributed by atoms with E-state index in [1.807, 2.05) is 6.20 Å². The van der Waals surface area contributed by atoms with Gasteiger partial charge in [0, 0.05) is 25.3 Å². The van der Waals surface area contributed by atoms with Gasteiger partial charge in [-0.2, -0.15) is 0 Å². The van der Waals surface area contributed by atoms with Gasteiger partial charge in [0.05, 0.1) is 5.69 Å². The minimum Gasteiger partial charge on any atom is -0.313 e. The standard InChI is InChI=1S/C15H27N3/c1-6-16-9-14-7-8-15(17-10-14)11-18(5)13(4)12(2)3/h7-8,10,12-13,16H,6,9,11H2,1-5H3. The summed E-state index contributed by atoms with van der Waals surface area (Å²) >= 11 is 0. The Kier molecular flexibility index (Phi) is 6.30.